The van der Waals surface area contributed by atoms with Crippen LogP contribution >= 0.6 is 0 Å². The van der Waals surface area contributed by atoms with Gasteiger partial charge in [-0.3, -0.25) is 0 Å². The van der Waals surface area contributed by atoms with Crippen molar-refractivity contribution in [1.29, 1.82) is 0 Å². The molecule has 0 spiro atoms. The lowest BCUT2D eigenvalue weighted by Crippen LogP contribution is -2.37. The van der Waals surface area contributed by atoms with Crippen LogP contribution in [0.3, 0.4) is 0 Å². The highest BCUT2D eigenvalue weighted by Gasteiger charge is 2.41. The molecule has 4 heteroatoms. The van der Waals surface area contributed by atoms with Crippen LogP contribution in [0.2, 0.25) is 0 Å². The lowest BCUT2D eigenvalue weighted by molar-refractivity contribution is 0.218. The van der Waals surface area contributed by atoms with Crippen molar-refractivity contribution in [3.63, 3.8) is 0 Å². The Hall–Kier alpha value is -1.26. The van der Waals surface area contributed by atoms with Crippen LogP contribution in [-0.2, 0) is 0 Å². The normalized spacial score (nSPS) is 16.6. The number of aliphatic hydroxyl groups is 1. The maximum Gasteiger partial charge on any atom is 0.161 e. The highest BCUT2D eigenvalue weighted by molar-refractivity contribution is 5.39. The van der Waals surface area contributed by atoms with Gasteiger partial charge in [-0.15, -0.1) is 0 Å². The van der Waals surface area contributed by atoms with E-state index in [1.807, 2.05) is 24.3 Å². The van der Waals surface area contributed by atoms with Gasteiger partial charge in [-0.25, -0.2) is 0 Å². The molecular weight excluding hydrogens is 218 g/mol. The van der Waals surface area contributed by atoms with E-state index in [-0.39, 0.29) is 12.1 Å². The number of ether oxygens (including phenoxy) is 2. The molecule has 0 amide bonds. The van der Waals surface area contributed by atoms with E-state index in [2.05, 4.69) is 5.32 Å². The first kappa shape index (κ1) is 12.2. The molecule has 2 N–H and O–H groups in total. The summed E-state index contributed by atoms with van der Waals surface area (Å²) in [5.74, 6) is 1.50. The van der Waals surface area contributed by atoms with Crippen molar-refractivity contribution >= 4 is 0 Å². The van der Waals surface area contributed by atoms with E-state index in [9.17, 15) is 0 Å². The first-order chi connectivity index (χ1) is 8.29. The van der Waals surface area contributed by atoms with Gasteiger partial charge < -0.3 is 19.9 Å². The van der Waals surface area contributed by atoms with Gasteiger partial charge in [0, 0.05) is 12.1 Å². The Labute approximate surface area is 102 Å². The number of nitrogens with one attached hydrogen (secondary N) is 1. The summed E-state index contributed by atoms with van der Waals surface area (Å²) < 4.78 is 10.8. The highest BCUT2D eigenvalue weighted by atomic mass is 16.5. The van der Waals surface area contributed by atoms with Gasteiger partial charge in [0.2, 0.25) is 0 Å². The van der Waals surface area contributed by atoms with E-state index in [4.69, 9.17) is 14.6 Å². The minimum absolute atomic E-state index is 0.0237. The molecule has 0 radical (unpaired) electrons. The molecule has 0 unspecified atom stereocenters. The van der Waals surface area contributed by atoms with Crippen molar-refractivity contribution in [2.75, 3.05) is 26.9 Å². The van der Waals surface area contributed by atoms with Crippen molar-refractivity contribution in [2.24, 2.45) is 0 Å². The molecule has 0 heterocycles. The Morgan fingerprint density at radius 3 is 2.59 bits per heavy atom. The molecule has 2 rings (SSSR count). The molecule has 0 saturated heterocycles. The van der Waals surface area contributed by atoms with Gasteiger partial charge in [-0.1, -0.05) is 12.1 Å². The molecule has 4 nitrogen and oxygen atoms in total. The third-order valence-electron chi connectivity index (χ3n) is 3.08. The topological polar surface area (TPSA) is 50.7 Å². The average Bonchev–Trinajstić information content (AvgIpc) is 3.16. The van der Waals surface area contributed by atoms with Gasteiger partial charge in [0.05, 0.1) is 13.7 Å². The Kier molecular flexibility index (Phi) is 3.86. The fraction of sp³-hybridized carbons (Fsp3) is 0.538. The second-order valence-electron chi connectivity index (χ2n) is 4.36. The Morgan fingerprint density at radius 1 is 1.29 bits per heavy atom. The van der Waals surface area contributed by atoms with Crippen LogP contribution in [0, 0.1) is 0 Å². The van der Waals surface area contributed by atoms with Crippen LogP contribution in [0.4, 0.5) is 0 Å². The number of aliphatic hydroxyl groups excluding tert-OH is 1. The number of hydrogen-bond acceptors (Lipinski definition) is 4. The minimum atomic E-state index is -0.0237. The second kappa shape index (κ2) is 5.38. The number of methoxy groups -OCH3 is 1. The predicted molar refractivity (Wildman–Crippen MR) is 65.5 cm³/mol. The molecule has 0 atom stereocenters. The van der Waals surface area contributed by atoms with E-state index in [0.717, 1.165) is 30.9 Å². The van der Waals surface area contributed by atoms with Crippen LogP contribution in [0.1, 0.15) is 12.8 Å². The zero-order valence-electron chi connectivity index (χ0n) is 10.1. The van der Waals surface area contributed by atoms with E-state index < -0.39 is 0 Å². The average molecular weight is 237 g/mol. The molecule has 0 aromatic heterocycles. The summed E-state index contributed by atoms with van der Waals surface area (Å²) in [7, 11) is 1.63. The summed E-state index contributed by atoms with van der Waals surface area (Å²) in [6, 6.07) is 7.59. The molecule has 1 aromatic rings. The third-order valence-corrected chi connectivity index (χ3v) is 3.08. The minimum Gasteiger partial charge on any atom is -0.493 e. The van der Waals surface area contributed by atoms with Crippen molar-refractivity contribution in [3.05, 3.63) is 24.3 Å². The molecule has 1 aromatic carbocycles. The monoisotopic (exact) mass is 237 g/mol. The smallest absolute Gasteiger partial charge is 0.161 e. The maximum absolute atomic E-state index is 9.13. The van der Waals surface area contributed by atoms with Gasteiger partial charge in [-0.05, 0) is 25.0 Å². The molecule has 1 fully saturated rings. The highest BCUT2D eigenvalue weighted by Crippen LogP contribution is 2.34. The quantitative estimate of drug-likeness (QED) is 0.699. The van der Waals surface area contributed by atoms with Gasteiger partial charge in [0.25, 0.3) is 0 Å². The van der Waals surface area contributed by atoms with Crippen molar-refractivity contribution in [2.45, 2.75) is 18.4 Å². The fourth-order valence-electron chi connectivity index (χ4n) is 1.76. The van der Waals surface area contributed by atoms with Crippen LogP contribution in [0.25, 0.3) is 0 Å². The largest absolute Gasteiger partial charge is 0.493 e. The lowest BCUT2D eigenvalue weighted by Gasteiger charge is -2.15. The number of para-hydroxylation sites is 2. The second-order valence-corrected chi connectivity index (χ2v) is 4.36. The van der Waals surface area contributed by atoms with Gasteiger partial charge in [0.15, 0.2) is 11.5 Å². The maximum atomic E-state index is 9.13. The SMILES string of the molecule is COc1ccccc1OCCNC1(CO)CC1. The Morgan fingerprint density at radius 2 is 2.00 bits per heavy atom. The van der Waals surface area contributed by atoms with Crippen LogP contribution in [0.15, 0.2) is 24.3 Å². The lowest BCUT2D eigenvalue weighted by atomic mass is 10.3. The molecule has 17 heavy (non-hydrogen) atoms. The fourth-order valence-corrected chi connectivity index (χ4v) is 1.76. The molecule has 1 aliphatic carbocycles. The van der Waals surface area contributed by atoms with E-state index >= 15 is 0 Å². The molecule has 94 valence electrons. The summed E-state index contributed by atoms with van der Waals surface area (Å²) in [5.41, 5.74) is -0.0237. The Bertz CT molecular complexity index is 363. The summed E-state index contributed by atoms with van der Waals surface area (Å²) in [4.78, 5) is 0. The standard InChI is InChI=1S/C13H19NO3/c1-16-11-4-2-3-5-12(11)17-9-8-14-13(10-15)6-7-13/h2-5,14-15H,6-10H2,1H3. The Balaban J connectivity index is 1.74. The first-order valence-corrected chi connectivity index (χ1v) is 5.91. The zero-order chi connectivity index (χ0) is 12.1. The van der Waals surface area contributed by atoms with Crippen LogP contribution in [-0.4, -0.2) is 37.5 Å². The summed E-state index contributed by atoms with van der Waals surface area (Å²) in [6.45, 7) is 1.52. The van der Waals surface area contributed by atoms with Crippen LogP contribution in [0.5, 0.6) is 11.5 Å². The van der Waals surface area contributed by atoms with Crippen molar-refractivity contribution < 1.29 is 14.6 Å². The van der Waals surface area contributed by atoms with Gasteiger partial charge in [0.1, 0.15) is 6.61 Å². The summed E-state index contributed by atoms with van der Waals surface area (Å²) in [5, 5.41) is 12.4. The summed E-state index contributed by atoms with van der Waals surface area (Å²) in [6.07, 6.45) is 2.11. The van der Waals surface area contributed by atoms with E-state index in [1.165, 1.54) is 0 Å². The first-order valence-electron chi connectivity index (χ1n) is 5.91. The van der Waals surface area contributed by atoms with E-state index in [0.29, 0.717) is 6.61 Å². The number of benzene rings is 1. The summed E-state index contributed by atoms with van der Waals surface area (Å²) >= 11 is 0. The molecular formula is C13H19NO3. The molecule has 1 aliphatic rings. The van der Waals surface area contributed by atoms with Gasteiger partial charge in [-0.2, -0.15) is 0 Å². The molecule has 1 saturated carbocycles. The van der Waals surface area contributed by atoms with E-state index in [1.54, 1.807) is 7.11 Å². The number of rotatable bonds is 7. The van der Waals surface area contributed by atoms with Crippen molar-refractivity contribution in [3.8, 4) is 11.5 Å². The van der Waals surface area contributed by atoms with Gasteiger partial charge >= 0.3 is 0 Å². The third kappa shape index (κ3) is 3.11. The van der Waals surface area contributed by atoms with Crippen molar-refractivity contribution in [1.82, 2.24) is 5.32 Å². The van der Waals surface area contributed by atoms with Crippen LogP contribution < -0.4 is 14.8 Å². The predicted octanol–water partition coefficient (Wildman–Crippen LogP) is 1.19. The number of hydrogen-bond donors (Lipinski definition) is 2. The molecule has 0 aliphatic heterocycles. The molecule has 0 bridgehead atoms. The zero-order valence-corrected chi connectivity index (χ0v) is 10.1.